The molecule has 1 N–H and O–H groups in total. The fourth-order valence-electron chi connectivity index (χ4n) is 4.55. The molecular formula is C24H27ClN2O5S. The molecule has 1 aliphatic heterocycles. The van der Waals surface area contributed by atoms with Gasteiger partial charge in [0, 0.05) is 28.7 Å². The van der Waals surface area contributed by atoms with Gasteiger partial charge in [0.05, 0.1) is 29.6 Å². The smallest absolute Gasteiger partial charge is 0.337 e. The highest BCUT2D eigenvalue weighted by atomic mass is 35.5. The summed E-state index contributed by atoms with van der Waals surface area (Å²) in [6.07, 6.45) is 1.78. The molecule has 1 atom stereocenters. The van der Waals surface area contributed by atoms with Crippen LogP contribution in [0.1, 0.15) is 38.0 Å². The van der Waals surface area contributed by atoms with Gasteiger partial charge < -0.3 is 14.4 Å². The Bertz CT molecular complexity index is 1350. The first-order chi connectivity index (χ1) is 15.3. The van der Waals surface area contributed by atoms with Crippen molar-refractivity contribution in [3.63, 3.8) is 0 Å². The van der Waals surface area contributed by atoms with Gasteiger partial charge in [0.2, 0.25) is 10.0 Å². The van der Waals surface area contributed by atoms with Gasteiger partial charge in [-0.1, -0.05) is 23.7 Å². The fourth-order valence-corrected chi connectivity index (χ4v) is 5.65. The molecule has 0 aliphatic carbocycles. The van der Waals surface area contributed by atoms with Crippen LogP contribution in [-0.2, 0) is 26.1 Å². The average Bonchev–Trinajstić information content (AvgIpc) is 3.12. The zero-order valence-electron chi connectivity index (χ0n) is 19.2. The van der Waals surface area contributed by atoms with Crippen LogP contribution in [0.3, 0.4) is 0 Å². The number of halogens is 1. The van der Waals surface area contributed by atoms with Crippen LogP contribution < -0.4 is 4.31 Å². The largest absolute Gasteiger partial charge is 0.479 e. The van der Waals surface area contributed by atoms with Gasteiger partial charge in [-0.3, -0.25) is 4.31 Å². The van der Waals surface area contributed by atoms with E-state index in [1.807, 2.05) is 29.0 Å². The maximum Gasteiger partial charge on any atom is 0.337 e. The Morgan fingerprint density at radius 3 is 2.33 bits per heavy atom. The maximum absolute atomic E-state index is 12.7. The number of aliphatic carboxylic acids is 1. The van der Waals surface area contributed by atoms with Crippen LogP contribution in [0.5, 0.6) is 0 Å². The Balaban J connectivity index is 2.17. The van der Waals surface area contributed by atoms with Crippen molar-refractivity contribution < 1.29 is 23.1 Å². The fraction of sp³-hybridized carbons (Fsp3) is 0.375. The van der Waals surface area contributed by atoms with Crippen LogP contribution in [0.4, 0.5) is 5.69 Å². The Morgan fingerprint density at radius 1 is 1.15 bits per heavy atom. The van der Waals surface area contributed by atoms with E-state index in [9.17, 15) is 18.3 Å². The van der Waals surface area contributed by atoms with Crippen LogP contribution in [-0.4, -0.2) is 42.5 Å². The molecule has 0 saturated carbocycles. The van der Waals surface area contributed by atoms with Crippen molar-refractivity contribution in [1.29, 1.82) is 0 Å². The standard InChI is InChI=1S/C24H27ClN2O5S/c1-14-18(22(23(28)29)32-24(2,3)4)19(15-6-8-16(25)9-7-15)17-10-11-26-12-13-27(33(5,30)31)20(14)21(17)26/h6-11,22H,12-13H2,1-5H3,(H,28,29)/t22-/m0/s1. The van der Waals surface area contributed by atoms with E-state index in [0.717, 1.165) is 16.5 Å². The van der Waals surface area contributed by atoms with Crippen molar-refractivity contribution in [2.75, 3.05) is 17.1 Å². The van der Waals surface area contributed by atoms with Gasteiger partial charge in [0.15, 0.2) is 6.10 Å². The van der Waals surface area contributed by atoms with Crippen LogP contribution in [0.15, 0.2) is 36.5 Å². The number of anilines is 1. The number of carbonyl (C=O) groups is 1. The lowest BCUT2D eigenvalue weighted by molar-refractivity contribution is -0.160. The third-order valence-electron chi connectivity index (χ3n) is 5.77. The summed E-state index contributed by atoms with van der Waals surface area (Å²) in [5, 5.41) is 11.6. The lowest BCUT2D eigenvalue weighted by Gasteiger charge is -2.34. The first-order valence-electron chi connectivity index (χ1n) is 10.6. The van der Waals surface area contributed by atoms with Gasteiger partial charge in [0.1, 0.15) is 0 Å². The molecule has 0 bridgehead atoms. The van der Waals surface area contributed by atoms with E-state index in [4.69, 9.17) is 16.3 Å². The second kappa shape index (κ2) is 8.04. The molecule has 1 aliphatic rings. The molecular weight excluding hydrogens is 464 g/mol. The third kappa shape index (κ3) is 4.23. The zero-order chi connectivity index (χ0) is 24.3. The lowest BCUT2D eigenvalue weighted by Crippen LogP contribution is -2.37. The topological polar surface area (TPSA) is 88.8 Å². The minimum Gasteiger partial charge on any atom is -0.479 e. The highest BCUT2D eigenvalue weighted by Gasteiger charge is 2.37. The lowest BCUT2D eigenvalue weighted by atomic mass is 9.87. The molecule has 33 heavy (non-hydrogen) atoms. The van der Waals surface area contributed by atoms with E-state index in [1.165, 1.54) is 10.6 Å². The molecule has 7 nitrogen and oxygen atoms in total. The summed E-state index contributed by atoms with van der Waals surface area (Å²) in [7, 11) is -3.58. The van der Waals surface area contributed by atoms with E-state index in [0.29, 0.717) is 33.9 Å². The van der Waals surface area contributed by atoms with Crippen molar-refractivity contribution in [1.82, 2.24) is 4.57 Å². The molecule has 0 saturated heterocycles. The molecule has 0 spiro atoms. The van der Waals surface area contributed by atoms with Gasteiger partial charge in [-0.2, -0.15) is 0 Å². The van der Waals surface area contributed by atoms with Crippen LogP contribution in [0.2, 0.25) is 5.02 Å². The number of aromatic nitrogens is 1. The van der Waals surface area contributed by atoms with Crippen LogP contribution in [0, 0.1) is 6.92 Å². The molecule has 0 amide bonds. The molecule has 3 aromatic rings. The Labute approximate surface area is 198 Å². The van der Waals surface area contributed by atoms with E-state index in [-0.39, 0.29) is 6.54 Å². The number of carboxylic acids is 1. The number of sulfonamides is 1. The second-order valence-corrected chi connectivity index (χ2v) is 11.7. The summed E-state index contributed by atoms with van der Waals surface area (Å²) in [5.74, 6) is -1.14. The van der Waals surface area contributed by atoms with Crippen molar-refractivity contribution >= 4 is 44.2 Å². The number of hydrogen-bond donors (Lipinski definition) is 1. The molecule has 176 valence electrons. The van der Waals surface area contributed by atoms with E-state index in [1.54, 1.807) is 39.8 Å². The summed E-state index contributed by atoms with van der Waals surface area (Å²) in [5.41, 5.74) is 3.00. The highest BCUT2D eigenvalue weighted by Crippen LogP contribution is 2.47. The Kier molecular flexibility index (Phi) is 5.75. The quantitative estimate of drug-likeness (QED) is 0.544. The van der Waals surface area contributed by atoms with Gasteiger partial charge in [-0.15, -0.1) is 0 Å². The summed E-state index contributed by atoms with van der Waals surface area (Å²) < 4.78 is 34.8. The minimum atomic E-state index is -3.58. The average molecular weight is 491 g/mol. The SMILES string of the molecule is Cc1c([C@H](OC(C)(C)C)C(=O)O)c(-c2ccc(Cl)cc2)c2ccn3c2c1N(S(C)(=O)=O)CC3. The number of nitrogens with zero attached hydrogens (tertiary/aromatic N) is 2. The van der Waals surface area contributed by atoms with Crippen LogP contribution in [0.25, 0.3) is 22.0 Å². The van der Waals surface area contributed by atoms with Crippen molar-refractivity contribution in [2.24, 2.45) is 0 Å². The van der Waals surface area contributed by atoms with Gasteiger partial charge in [-0.25, -0.2) is 13.2 Å². The Hall–Kier alpha value is -2.55. The maximum atomic E-state index is 12.7. The van der Waals surface area contributed by atoms with E-state index >= 15 is 0 Å². The summed E-state index contributed by atoms with van der Waals surface area (Å²) in [6, 6.07) is 9.09. The molecule has 1 aromatic heterocycles. The highest BCUT2D eigenvalue weighted by molar-refractivity contribution is 7.92. The van der Waals surface area contributed by atoms with Gasteiger partial charge in [0.25, 0.3) is 0 Å². The molecule has 0 unspecified atom stereocenters. The monoisotopic (exact) mass is 490 g/mol. The molecule has 9 heteroatoms. The predicted octanol–water partition coefficient (Wildman–Crippen LogP) is 4.99. The second-order valence-electron chi connectivity index (χ2n) is 9.32. The molecule has 2 heterocycles. The Morgan fingerprint density at radius 2 is 1.79 bits per heavy atom. The number of hydrogen-bond acceptors (Lipinski definition) is 4. The number of rotatable bonds is 5. The van der Waals surface area contributed by atoms with E-state index in [2.05, 4.69) is 0 Å². The molecule has 0 fully saturated rings. The third-order valence-corrected chi connectivity index (χ3v) is 7.19. The van der Waals surface area contributed by atoms with Gasteiger partial charge >= 0.3 is 5.97 Å². The summed E-state index contributed by atoms with van der Waals surface area (Å²) in [6.45, 7) is 7.93. The molecule has 0 radical (unpaired) electrons. The van der Waals surface area contributed by atoms with E-state index < -0.39 is 27.7 Å². The van der Waals surface area contributed by atoms with Crippen molar-refractivity contribution in [3.8, 4) is 11.1 Å². The summed E-state index contributed by atoms with van der Waals surface area (Å²) in [4.78, 5) is 12.5. The number of ether oxygens (including phenoxy) is 1. The molecule has 2 aromatic carbocycles. The minimum absolute atomic E-state index is 0.272. The molecule has 4 rings (SSSR count). The first-order valence-corrected chi connectivity index (χ1v) is 12.8. The number of benzene rings is 2. The zero-order valence-corrected chi connectivity index (χ0v) is 20.8. The number of carboxylic acid groups (broad SMARTS) is 1. The first kappa shape index (κ1) is 23.6. The van der Waals surface area contributed by atoms with Crippen molar-refractivity contribution in [2.45, 2.75) is 45.9 Å². The van der Waals surface area contributed by atoms with Gasteiger partial charge in [-0.05, 0) is 62.6 Å². The summed E-state index contributed by atoms with van der Waals surface area (Å²) >= 11 is 6.12. The van der Waals surface area contributed by atoms with Crippen molar-refractivity contribution in [3.05, 3.63) is 52.7 Å². The normalized spacial score (nSPS) is 15.2. The van der Waals surface area contributed by atoms with Crippen LogP contribution >= 0.6 is 11.6 Å². The predicted molar refractivity (Wildman–Crippen MR) is 131 cm³/mol.